The lowest BCUT2D eigenvalue weighted by atomic mass is 9.98. The van der Waals surface area contributed by atoms with Crippen LogP contribution in [0.4, 0.5) is 5.82 Å². The Bertz CT molecular complexity index is 1320. The Balaban J connectivity index is 1.29. The summed E-state index contributed by atoms with van der Waals surface area (Å²) in [4.78, 5) is 19.9. The van der Waals surface area contributed by atoms with Crippen LogP contribution >= 0.6 is 0 Å². The average molecular weight is 524 g/mol. The van der Waals surface area contributed by atoms with Gasteiger partial charge in [0.05, 0.1) is 6.26 Å². The van der Waals surface area contributed by atoms with Crippen LogP contribution in [0.2, 0.25) is 0 Å². The van der Waals surface area contributed by atoms with Gasteiger partial charge in [-0.3, -0.25) is 9.69 Å². The van der Waals surface area contributed by atoms with Crippen molar-refractivity contribution in [3.8, 4) is 0 Å². The first-order valence-electron chi connectivity index (χ1n) is 12.8. The summed E-state index contributed by atoms with van der Waals surface area (Å²) < 4.78 is 26.8. The van der Waals surface area contributed by atoms with E-state index < -0.39 is 10.0 Å². The van der Waals surface area contributed by atoms with Crippen molar-refractivity contribution >= 4 is 21.9 Å². The van der Waals surface area contributed by atoms with Gasteiger partial charge in [0.15, 0.2) is 5.82 Å². The standard InChI is InChI=1S/C28H37N5O3S/c1-22(18-23-6-4-3-5-7-23)20-32-15-12-26(13-16-32)31-27-28(34)33(17-14-29-27)21-25-10-8-24(9-11-25)19-30-37(2,35)36/h3-8,10,14,17-18,26,30H,9,11-13,15-16,19-21H2,1-2H3,(H,29,31)/b22-18+. The molecular weight excluding hydrogens is 486 g/mol. The fraction of sp³-hybridized carbons (Fsp3) is 0.429. The minimum Gasteiger partial charge on any atom is -0.363 e. The van der Waals surface area contributed by atoms with E-state index in [-0.39, 0.29) is 11.6 Å². The second kappa shape index (κ2) is 12.5. The molecule has 0 radical (unpaired) electrons. The molecule has 0 bridgehead atoms. The van der Waals surface area contributed by atoms with Gasteiger partial charge in [-0.25, -0.2) is 18.1 Å². The van der Waals surface area contributed by atoms with Crippen molar-refractivity contribution < 1.29 is 8.42 Å². The zero-order valence-electron chi connectivity index (χ0n) is 21.7. The largest absolute Gasteiger partial charge is 0.363 e. The van der Waals surface area contributed by atoms with Gasteiger partial charge in [-0.15, -0.1) is 0 Å². The fourth-order valence-corrected chi connectivity index (χ4v) is 5.22. The number of sulfonamides is 1. The van der Waals surface area contributed by atoms with E-state index in [9.17, 15) is 13.2 Å². The molecule has 1 aliphatic carbocycles. The molecule has 0 saturated carbocycles. The Labute approximate surface area is 219 Å². The van der Waals surface area contributed by atoms with E-state index in [0.717, 1.165) is 62.7 Å². The summed E-state index contributed by atoms with van der Waals surface area (Å²) in [5, 5.41) is 3.40. The van der Waals surface area contributed by atoms with E-state index in [4.69, 9.17) is 0 Å². The smallest absolute Gasteiger partial charge is 0.293 e. The number of likely N-dealkylation sites (tertiary alicyclic amines) is 1. The average Bonchev–Trinajstić information content (AvgIpc) is 2.87. The summed E-state index contributed by atoms with van der Waals surface area (Å²) >= 11 is 0. The third-order valence-electron chi connectivity index (χ3n) is 6.78. The van der Waals surface area contributed by atoms with Gasteiger partial charge in [-0.1, -0.05) is 65.3 Å². The fourth-order valence-electron chi connectivity index (χ4n) is 4.78. The van der Waals surface area contributed by atoms with E-state index in [2.05, 4.69) is 57.2 Å². The third kappa shape index (κ3) is 8.52. The second-order valence-electron chi connectivity index (χ2n) is 10.0. The van der Waals surface area contributed by atoms with Crippen LogP contribution in [0.5, 0.6) is 0 Å². The minimum absolute atomic E-state index is 0.110. The first-order valence-corrected chi connectivity index (χ1v) is 14.7. The van der Waals surface area contributed by atoms with Gasteiger partial charge in [0.25, 0.3) is 5.56 Å². The number of hydrogen-bond donors (Lipinski definition) is 2. The molecule has 2 N–H and O–H groups in total. The molecule has 1 fully saturated rings. The van der Waals surface area contributed by atoms with Crippen molar-refractivity contribution in [1.82, 2.24) is 19.2 Å². The number of piperidine rings is 1. The summed E-state index contributed by atoms with van der Waals surface area (Å²) in [6.45, 7) is 5.92. The summed E-state index contributed by atoms with van der Waals surface area (Å²) in [5.41, 5.74) is 4.63. The second-order valence-corrected chi connectivity index (χ2v) is 11.9. The van der Waals surface area contributed by atoms with Crippen LogP contribution < -0.4 is 15.6 Å². The topological polar surface area (TPSA) is 96.3 Å². The van der Waals surface area contributed by atoms with Gasteiger partial charge in [0.1, 0.15) is 0 Å². The van der Waals surface area contributed by atoms with Gasteiger partial charge in [0, 0.05) is 51.2 Å². The first kappa shape index (κ1) is 27.0. The summed E-state index contributed by atoms with van der Waals surface area (Å²) in [6, 6.07) is 10.6. The predicted molar refractivity (Wildman–Crippen MR) is 150 cm³/mol. The van der Waals surface area contributed by atoms with Crippen molar-refractivity contribution in [1.29, 1.82) is 0 Å². The van der Waals surface area contributed by atoms with Crippen LogP contribution in [0.15, 0.2) is 76.4 Å². The Morgan fingerprint density at radius 2 is 1.81 bits per heavy atom. The highest BCUT2D eigenvalue weighted by atomic mass is 32.2. The lowest BCUT2D eigenvalue weighted by Crippen LogP contribution is -2.41. The van der Waals surface area contributed by atoms with Crippen LogP contribution in [0.1, 0.15) is 38.2 Å². The highest BCUT2D eigenvalue weighted by molar-refractivity contribution is 7.88. The molecule has 2 aromatic rings. The van der Waals surface area contributed by atoms with Gasteiger partial charge >= 0.3 is 0 Å². The Morgan fingerprint density at radius 1 is 1.11 bits per heavy atom. The summed E-state index contributed by atoms with van der Waals surface area (Å²) in [5.74, 6) is 0.408. The van der Waals surface area contributed by atoms with Gasteiger partial charge in [-0.2, -0.15) is 0 Å². The molecule has 8 nitrogen and oxygen atoms in total. The molecule has 2 heterocycles. The van der Waals surface area contributed by atoms with Crippen LogP contribution in [-0.2, 0) is 16.6 Å². The molecule has 1 aliphatic heterocycles. The lowest BCUT2D eigenvalue weighted by Gasteiger charge is -2.32. The Hall–Kier alpha value is -3.01. The van der Waals surface area contributed by atoms with Crippen LogP contribution in [0.25, 0.3) is 6.08 Å². The molecule has 0 unspecified atom stereocenters. The highest BCUT2D eigenvalue weighted by Crippen LogP contribution is 2.20. The zero-order chi connectivity index (χ0) is 26.3. The first-order chi connectivity index (χ1) is 17.7. The van der Waals surface area contributed by atoms with E-state index >= 15 is 0 Å². The molecular formula is C28H37N5O3S. The van der Waals surface area contributed by atoms with Crippen LogP contribution in [0.3, 0.4) is 0 Å². The normalized spacial score (nSPS) is 17.8. The van der Waals surface area contributed by atoms with Crippen molar-refractivity contribution in [3.05, 3.63) is 87.5 Å². The molecule has 0 amide bonds. The zero-order valence-corrected chi connectivity index (χ0v) is 22.5. The SMILES string of the molecule is C/C(=C\c1ccccc1)CN1CCC(Nc2nccn(CC3=CC=C(CNS(C)(=O)=O)CC3)c2=O)CC1. The van der Waals surface area contributed by atoms with Gasteiger partial charge in [0.2, 0.25) is 10.0 Å². The van der Waals surface area contributed by atoms with Crippen molar-refractivity contribution in [3.63, 3.8) is 0 Å². The summed E-state index contributed by atoms with van der Waals surface area (Å²) in [6.07, 6.45) is 14.3. The van der Waals surface area contributed by atoms with Crippen molar-refractivity contribution in [2.75, 3.05) is 37.8 Å². The maximum Gasteiger partial charge on any atom is 0.293 e. The molecule has 198 valence electrons. The Morgan fingerprint density at radius 3 is 2.49 bits per heavy atom. The molecule has 1 aromatic heterocycles. The molecule has 9 heteroatoms. The number of benzene rings is 1. The lowest BCUT2D eigenvalue weighted by molar-refractivity contribution is 0.236. The molecule has 4 rings (SSSR count). The predicted octanol–water partition coefficient (Wildman–Crippen LogP) is 3.42. The number of anilines is 1. The number of hydrogen-bond acceptors (Lipinski definition) is 6. The van der Waals surface area contributed by atoms with E-state index in [1.807, 2.05) is 18.2 Å². The minimum atomic E-state index is -3.20. The molecule has 37 heavy (non-hydrogen) atoms. The van der Waals surface area contributed by atoms with Crippen LogP contribution in [-0.4, -0.2) is 61.3 Å². The number of rotatable bonds is 10. The summed E-state index contributed by atoms with van der Waals surface area (Å²) in [7, 11) is -3.20. The molecule has 1 saturated heterocycles. The molecule has 2 aliphatic rings. The molecule has 1 aromatic carbocycles. The molecule has 0 spiro atoms. The number of aromatic nitrogens is 2. The van der Waals surface area contributed by atoms with E-state index in [1.54, 1.807) is 17.0 Å². The maximum atomic E-state index is 13.1. The number of nitrogens with one attached hydrogen (secondary N) is 2. The number of allylic oxidation sites excluding steroid dienone is 3. The highest BCUT2D eigenvalue weighted by Gasteiger charge is 2.21. The van der Waals surface area contributed by atoms with E-state index in [0.29, 0.717) is 18.9 Å². The molecule has 0 atom stereocenters. The van der Waals surface area contributed by atoms with E-state index in [1.165, 1.54) is 11.1 Å². The monoisotopic (exact) mass is 523 g/mol. The van der Waals surface area contributed by atoms with Gasteiger partial charge in [-0.05, 0) is 38.2 Å². The number of nitrogens with zero attached hydrogens (tertiary/aromatic N) is 3. The van der Waals surface area contributed by atoms with Crippen molar-refractivity contribution in [2.45, 2.75) is 45.2 Å². The van der Waals surface area contributed by atoms with Gasteiger partial charge < -0.3 is 9.88 Å². The van der Waals surface area contributed by atoms with Crippen LogP contribution in [0, 0.1) is 0 Å². The maximum absolute atomic E-state index is 13.1. The van der Waals surface area contributed by atoms with Crippen molar-refractivity contribution in [2.24, 2.45) is 0 Å². The Kier molecular flexibility index (Phi) is 9.13. The quantitative estimate of drug-likeness (QED) is 0.496. The third-order valence-corrected chi connectivity index (χ3v) is 7.45.